The van der Waals surface area contributed by atoms with Crippen LogP contribution in [0, 0.1) is 10.1 Å². The third kappa shape index (κ3) is 3.47. The molecule has 1 heterocycles. The molecule has 0 aliphatic carbocycles. The van der Waals surface area contributed by atoms with E-state index in [-0.39, 0.29) is 5.82 Å². The highest BCUT2D eigenvalue weighted by atomic mass is 19.3. The molecule has 0 saturated heterocycles. The molecule has 9 heteroatoms. The maximum atomic E-state index is 11.9. The molecule has 1 aromatic heterocycles. The quantitative estimate of drug-likeness (QED) is 0.605. The molecular formula is C8H10F2N4O3. The van der Waals surface area contributed by atoms with Gasteiger partial charge in [-0.05, 0) is 6.92 Å². The van der Waals surface area contributed by atoms with Crippen molar-refractivity contribution in [3.8, 4) is 5.88 Å². The third-order valence-corrected chi connectivity index (χ3v) is 1.66. The van der Waals surface area contributed by atoms with Crippen molar-refractivity contribution < 1.29 is 18.4 Å². The fourth-order valence-corrected chi connectivity index (χ4v) is 1.07. The minimum atomic E-state index is -2.73. The Kier molecular flexibility index (Phi) is 4.49. The SMILES string of the molecule is CCNc1ncnc(OCC(F)F)c1[N+](=O)[O-]. The first-order chi connectivity index (χ1) is 8.06. The summed E-state index contributed by atoms with van der Waals surface area (Å²) in [5, 5.41) is 13.4. The Balaban J connectivity index is 3.02. The van der Waals surface area contributed by atoms with Crippen LogP contribution in [0.25, 0.3) is 0 Å². The molecular weight excluding hydrogens is 238 g/mol. The zero-order valence-corrected chi connectivity index (χ0v) is 8.89. The van der Waals surface area contributed by atoms with Crippen molar-refractivity contribution in [2.45, 2.75) is 13.3 Å². The summed E-state index contributed by atoms with van der Waals surface area (Å²) >= 11 is 0. The van der Waals surface area contributed by atoms with E-state index in [1.54, 1.807) is 6.92 Å². The molecule has 1 rings (SSSR count). The first-order valence-corrected chi connectivity index (χ1v) is 4.70. The predicted octanol–water partition coefficient (Wildman–Crippen LogP) is 1.46. The number of anilines is 1. The number of aromatic nitrogens is 2. The van der Waals surface area contributed by atoms with E-state index < -0.39 is 29.5 Å². The molecule has 0 radical (unpaired) electrons. The lowest BCUT2D eigenvalue weighted by atomic mass is 10.4. The van der Waals surface area contributed by atoms with Gasteiger partial charge in [0.05, 0.1) is 4.92 Å². The smallest absolute Gasteiger partial charge is 0.372 e. The minimum absolute atomic E-state index is 0.0585. The van der Waals surface area contributed by atoms with E-state index in [0.717, 1.165) is 6.33 Å². The molecule has 94 valence electrons. The lowest BCUT2D eigenvalue weighted by Crippen LogP contribution is -2.11. The molecule has 0 saturated carbocycles. The highest BCUT2D eigenvalue weighted by Gasteiger charge is 2.24. The fraction of sp³-hybridized carbons (Fsp3) is 0.500. The summed E-state index contributed by atoms with van der Waals surface area (Å²) in [6, 6.07) is 0. The normalized spacial score (nSPS) is 10.4. The van der Waals surface area contributed by atoms with E-state index in [2.05, 4.69) is 20.0 Å². The van der Waals surface area contributed by atoms with Gasteiger partial charge in [0.1, 0.15) is 6.33 Å². The summed E-state index contributed by atoms with van der Waals surface area (Å²) in [7, 11) is 0. The molecule has 0 unspecified atom stereocenters. The number of nitrogens with one attached hydrogen (secondary N) is 1. The molecule has 0 aliphatic rings. The van der Waals surface area contributed by atoms with Crippen LogP contribution in [0.3, 0.4) is 0 Å². The van der Waals surface area contributed by atoms with Gasteiger partial charge in [0.15, 0.2) is 6.61 Å². The highest BCUT2D eigenvalue weighted by molar-refractivity contribution is 5.60. The maximum absolute atomic E-state index is 11.9. The van der Waals surface area contributed by atoms with Gasteiger partial charge in [0.2, 0.25) is 5.82 Å². The summed E-state index contributed by atoms with van der Waals surface area (Å²) in [4.78, 5) is 17.1. The molecule has 0 atom stereocenters. The molecule has 0 spiro atoms. The van der Waals surface area contributed by atoms with Crippen LogP contribution in [-0.4, -0.2) is 34.5 Å². The van der Waals surface area contributed by atoms with Crippen molar-refractivity contribution in [2.24, 2.45) is 0 Å². The molecule has 17 heavy (non-hydrogen) atoms. The Hall–Kier alpha value is -2.06. The topological polar surface area (TPSA) is 90.2 Å². The Bertz CT molecular complexity index is 402. The van der Waals surface area contributed by atoms with Crippen LogP contribution in [-0.2, 0) is 0 Å². The maximum Gasteiger partial charge on any atom is 0.372 e. The van der Waals surface area contributed by atoms with E-state index in [0.29, 0.717) is 6.54 Å². The lowest BCUT2D eigenvalue weighted by molar-refractivity contribution is -0.385. The number of rotatable bonds is 6. The molecule has 0 bridgehead atoms. The average Bonchev–Trinajstić information content (AvgIpc) is 2.26. The Morgan fingerprint density at radius 2 is 2.29 bits per heavy atom. The van der Waals surface area contributed by atoms with E-state index in [9.17, 15) is 18.9 Å². The van der Waals surface area contributed by atoms with Crippen molar-refractivity contribution in [1.29, 1.82) is 0 Å². The second-order valence-corrected chi connectivity index (χ2v) is 2.87. The lowest BCUT2D eigenvalue weighted by Gasteiger charge is -2.07. The number of hydrogen-bond donors (Lipinski definition) is 1. The van der Waals surface area contributed by atoms with Crippen molar-refractivity contribution in [3.05, 3.63) is 16.4 Å². The van der Waals surface area contributed by atoms with E-state index >= 15 is 0 Å². The number of halogens is 2. The Labute approximate surface area is 95.0 Å². The van der Waals surface area contributed by atoms with Crippen LogP contribution in [0.2, 0.25) is 0 Å². The summed E-state index contributed by atoms with van der Waals surface area (Å²) < 4.78 is 28.5. The zero-order valence-electron chi connectivity index (χ0n) is 8.89. The van der Waals surface area contributed by atoms with Gasteiger partial charge >= 0.3 is 5.69 Å². The highest BCUT2D eigenvalue weighted by Crippen LogP contribution is 2.30. The van der Waals surface area contributed by atoms with Gasteiger partial charge in [-0.25, -0.2) is 13.8 Å². The molecule has 0 aliphatic heterocycles. The monoisotopic (exact) mass is 248 g/mol. The van der Waals surface area contributed by atoms with Gasteiger partial charge in [-0.15, -0.1) is 0 Å². The minimum Gasteiger partial charge on any atom is -0.467 e. The zero-order chi connectivity index (χ0) is 12.8. The van der Waals surface area contributed by atoms with Gasteiger partial charge < -0.3 is 10.1 Å². The summed E-state index contributed by atoms with van der Waals surface area (Å²) in [6.07, 6.45) is -1.72. The van der Waals surface area contributed by atoms with Crippen LogP contribution in [0.15, 0.2) is 6.33 Å². The number of ether oxygens (including phenoxy) is 1. The van der Waals surface area contributed by atoms with Crippen LogP contribution in [0.4, 0.5) is 20.3 Å². The average molecular weight is 248 g/mol. The van der Waals surface area contributed by atoms with Crippen molar-refractivity contribution >= 4 is 11.5 Å². The van der Waals surface area contributed by atoms with Crippen LogP contribution < -0.4 is 10.1 Å². The Morgan fingerprint density at radius 3 is 2.82 bits per heavy atom. The molecule has 7 nitrogen and oxygen atoms in total. The summed E-state index contributed by atoms with van der Waals surface area (Å²) in [5.41, 5.74) is -0.546. The summed E-state index contributed by atoms with van der Waals surface area (Å²) in [5.74, 6) is -0.530. The number of hydrogen-bond acceptors (Lipinski definition) is 6. The number of nitrogens with zero attached hydrogens (tertiary/aromatic N) is 3. The fourth-order valence-electron chi connectivity index (χ4n) is 1.07. The second-order valence-electron chi connectivity index (χ2n) is 2.87. The largest absolute Gasteiger partial charge is 0.467 e. The van der Waals surface area contributed by atoms with Crippen LogP contribution in [0.1, 0.15) is 6.92 Å². The van der Waals surface area contributed by atoms with Gasteiger partial charge in [0.25, 0.3) is 12.3 Å². The first-order valence-electron chi connectivity index (χ1n) is 4.70. The third-order valence-electron chi connectivity index (χ3n) is 1.66. The predicted molar refractivity (Wildman–Crippen MR) is 54.3 cm³/mol. The molecule has 0 amide bonds. The first kappa shape index (κ1) is 13.0. The van der Waals surface area contributed by atoms with Gasteiger partial charge in [-0.1, -0.05) is 0 Å². The molecule has 0 fully saturated rings. The van der Waals surface area contributed by atoms with Gasteiger partial charge in [-0.3, -0.25) is 10.1 Å². The van der Waals surface area contributed by atoms with E-state index in [4.69, 9.17) is 0 Å². The van der Waals surface area contributed by atoms with Crippen LogP contribution >= 0.6 is 0 Å². The van der Waals surface area contributed by atoms with Crippen molar-refractivity contribution in [2.75, 3.05) is 18.5 Å². The number of alkyl halides is 2. The second kappa shape index (κ2) is 5.87. The standard InChI is InChI=1S/C8H10F2N4O3/c1-2-11-7-6(14(15)16)8(13-4-12-7)17-3-5(9)10/h4-5H,2-3H2,1H3,(H,11,12,13). The Morgan fingerprint density at radius 1 is 1.59 bits per heavy atom. The van der Waals surface area contributed by atoms with Crippen molar-refractivity contribution in [1.82, 2.24) is 9.97 Å². The molecule has 0 aromatic carbocycles. The van der Waals surface area contributed by atoms with Gasteiger partial charge in [0, 0.05) is 6.54 Å². The van der Waals surface area contributed by atoms with E-state index in [1.165, 1.54) is 0 Å². The van der Waals surface area contributed by atoms with E-state index in [1.807, 2.05) is 0 Å². The number of nitro groups is 1. The van der Waals surface area contributed by atoms with Crippen molar-refractivity contribution in [3.63, 3.8) is 0 Å². The summed E-state index contributed by atoms with van der Waals surface area (Å²) in [6.45, 7) is 1.15. The molecule has 1 aromatic rings. The van der Waals surface area contributed by atoms with Gasteiger partial charge in [-0.2, -0.15) is 4.98 Å². The molecule has 1 N–H and O–H groups in total. The van der Waals surface area contributed by atoms with Crippen LogP contribution in [0.5, 0.6) is 5.88 Å².